The van der Waals surface area contributed by atoms with E-state index in [4.69, 9.17) is 4.74 Å². The van der Waals surface area contributed by atoms with Gasteiger partial charge in [-0.1, -0.05) is 13.3 Å². The Morgan fingerprint density at radius 3 is 2.74 bits per heavy atom. The summed E-state index contributed by atoms with van der Waals surface area (Å²) in [7, 11) is 0. The van der Waals surface area contributed by atoms with Gasteiger partial charge in [0.2, 0.25) is 0 Å². The van der Waals surface area contributed by atoms with Crippen molar-refractivity contribution in [3.8, 4) is 5.75 Å². The summed E-state index contributed by atoms with van der Waals surface area (Å²) in [6, 6.07) is 3.65. The number of hydrogen-bond acceptors (Lipinski definition) is 3. The van der Waals surface area contributed by atoms with Crippen LogP contribution in [0.3, 0.4) is 0 Å². The van der Waals surface area contributed by atoms with Crippen molar-refractivity contribution in [2.75, 3.05) is 13.2 Å². The Morgan fingerprint density at radius 2 is 2.11 bits per heavy atom. The monoisotopic (exact) mass is 267 g/mol. The first-order valence-electron chi connectivity index (χ1n) is 6.24. The summed E-state index contributed by atoms with van der Waals surface area (Å²) in [5, 5.41) is 2.69. The third-order valence-corrected chi connectivity index (χ3v) is 2.53. The SMILES string of the molecule is CCCCNC(=O)COc1ccc(F)cc1C(C)=O. The predicted molar refractivity (Wildman–Crippen MR) is 69.8 cm³/mol. The van der Waals surface area contributed by atoms with E-state index in [1.807, 2.05) is 6.92 Å². The molecule has 0 heterocycles. The molecule has 0 fully saturated rings. The number of Topliss-reactive ketones (excluding diaryl/α,β-unsaturated/α-hetero) is 1. The van der Waals surface area contributed by atoms with Crippen LogP contribution in [0, 0.1) is 5.82 Å². The second kappa shape index (κ2) is 7.51. The second-order valence-corrected chi connectivity index (χ2v) is 4.19. The molecule has 19 heavy (non-hydrogen) atoms. The number of ether oxygens (including phenoxy) is 1. The Morgan fingerprint density at radius 1 is 1.37 bits per heavy atom. The van der Waals surface area contributed by atoms with Crippen LogP contribution in [0.1, 0.15) is 37.0 Å². The number of benzene rings is 1. The molecule has 0 aliphatic rings. The van der Waals surface area contributed by atoms with Crippen LogP contribution in [0.4, 0.5) is 4.39 Å². The van der Waals surface area contributed by atoms with Crippen LogP contribution in [0.2, 0.25) is 0 Å². The highest BCUT2D eigenvalue weighted by Crippen LogP contribution is 2.20. The Kier molecular flexibility index (Phi) is 5.99. The molecule has 0 saturated heterocycles. The van der Waals surface area contributed by atoms with Gasteiger partial charge in [-0.25, -0.2) is 4.39 Å². The number of carbonyl (C=O) groups is 2. The molecule has 0 aliphatic carbocycles. The summed E-state index contributed by atoms with van der Waals surface area (Å²) in [4.78, 5) is 22.8. The van der Waals surface area contributed by atoms with E-state index in [1.165, 1.54) is 19.1 Å². The highest BCUT2D eigenvalue weighted by Gasteiger charge is 2.11. The number of hydrogen-bond donors (Lipinski definition) is 1. The van der Waals surface area contributed by atoms with Gasteiger partial charge in [0.1, 0.15) is 11.6 Å². The molecule has 0 aliphatic heterocycles. The van der Waals surface area contributed by atoms with Crippen LogP contribution >= 0.6 is 0 Å². The van der Waals surface area contributed by atoms with Gasteiger partial charge in [0.05, 0.1) is 5.56 Å². The highest BCUT2D eigenvalue weighted by atomic mass is 19.1. The number of carbonyl (C=O) groups excluding carboxylic acids is 2. The summed E-state index contributed by atoms with van der Waals surface area (Å²) in [5.41, 5.74) is 0.140. The Labute approximate surface area is 112 Å². The predicted octanol–water partition coefficient (Wildman–Crippen LogP) is 2.32. The van der Waals surface area contributed by atoms with Gasteiger partial charge in [0, 0.05) is 6.54 Å². The molecule has 0 spiro atoms. The van der Waals surface area contributed by atoms with E-state index in [-0.39, 0.29) is 29.6 Å². The fraction of sp³-hybridized carbons (Fsp3) is 0.429. The molecule has 5 heteroatoms. The van der Waals surface area contributed by atoms with Crippen LogP contribution < -0.4 is 10.1 Å². The maximum Gasteiger partial charge on any atom is 0.257 e. The Balaban J connectivity index is 2.57. The van der Waals surface area contributed by atoms with E-state index in [0.29, 0.717) is 6.54 Å². The lowest BCUT2D eigenvalue weighted by molar-refractivity contribution is -0.123. The van der Waals surface area contributed by atoms with Crippen molar-refractivity contribution in [3.05, 3.63) is 29.6 Å². The molecule has 0 radical (unpaired) electrons. The minimum atomic E-state index is -0.509. The largest absolute Gasteiger partial charge is 0.483 e. The first-order valence-corrected chi connectivity index (χ1v) is 6.24. The zero-order valence-electron chi connectivity index (χ0n) is 11.2. The quantitative estimate of drug-likeness (QED) is 0.609. The van der Waals surface area contributed by atoms with Crippen molar-refractivity contribution < 1.29 is 18.7 Å². The van der Waals surface area contributed by atoms with Gasteiger partial charge in [-0.15, -0.1) is 0 Å². The summed E-state index contributed by atoms with van der Waals surface area (Å²) in [6.45, 7) is 3.76. The molecule has 0 bridgehead atoms. The lowest BCUT2D eigenvalue weighted by atomic mass is 10.1. The molecule has 1 N–H and O–H groups in total. The van der Waals surface area contributed by atoms with Crippen LogP contribution in [-0.4, -0.2) is 24.8 Å². The molecule has 1 aromatic carbocycles. The van der Waals surface area contributed by atoms with Gasteiger partial charge < -0.3 is 10.1 Å². The molecule has 1 aromatic rings. The number of amides is 1. The van der Waals surface area contributed by atoms with Gasteiger partial charge in [0.15, 0.2) is 12.4 Å². The van der Waals surface area contributed by atoms with Gasteiger partial charge in [-0.05, 0) is 31.5 Å². The standard InChI is InChI=1S/C14H18FNO3/c1-3-4-7-16-14(18)9-19-13-6-5-11(15)8-12(13)10(2)17/h5-6,8H,3-4,7,9H2,1-2H3,(H,16,18). The molecule has 1 rings (SSSR count). The van der Waals surface area contributed by atoms with Crippen LogP contribution in [0.15, 0.2) is 18.2 Å². The summed E-state index contributed by atoms with van der Waals surface area (Å²) in [6.07, 6.45) is 1.90. The zero-order valence-corrected chi connectivity index (χ0v) is 11.2. The van der Waals surface area contributed by atoms with E-state index >= 15 is 0 Å². The molecule has 0 atom stereocenters. The van der Waals surface area contributed by atoms with Crippen molar-refractivity contribution in [2.24, 2.45) is 0 Å². The molecule has 0 unspecified atom stereocenters. The third-order valence-electron chi connectivity index (χ3n) is 2.53. The molecule has 0 saturated carbocycles. The normalized spacial score (nSPS) is 10.1. The van der Waals surface area contributed by atoms with Crippen molar-refractivity contribution in [3.63, 3.8) is 0 Å². The maximum absolute atomic E-state index is 13.0. The lowest BCUT2D eigenvalue weighted by Gasteiger charge is -2.10. The highest BCUT2D eigenvalue weighted by molar-refractivity contribution is 5.96. The van der Waals surface area contributed by atoms with Crippen LogP contribution in [0.5, 0.6) is 5.75 Å². The molecule has 104 valence electrons. The van der Waals surface area contributed by atoms with Gasteiger partial charge >= 0.3 is 0 Å². The van der Waals surface area contributed by atoms with Gasteiger partial charge in [-0.3, -0.25) is 9.59 Å². The van der Waals surface area contributed by atoms with E-state index < -0.39 is 5.82 Å². The number of rotatable bonds is 7. The van der Waals surface area contributed by atoms with E-state index in [2.05, 4.69) is 5.32 Å². The van der Waals surface area contributed by atoms with Crippen molar-refractivity contribution in [1.29, 1.82) is 0 Å². The van der Waals surface area contributed by atoms with Gasteiger partial charge in [-0.2, -0.15) is 0 Å². The number of ketones is 1. The second-order valence-electron chi connectivity index (χ2n) is 4.19. The minimum absolute atomic E-state index is 0.140. The molecule has 1 amide bonds. The first kappa shape index (κ1) is 15.1. The van der Waals surface area contributed by atoms with Crippen molar-refractivity contribution in [2.45, 2.75) is 26.7 Å². The summed E-state index contributed by atoms with van der Waals surface area (Å²) < 4.78 is 18.3. The first-order chi connectivity index (χ1) is 9.04. The summed E-state index contributed by atoms with van der Waals surface area (Å²) in [5.74, 6) is -0.849. The van der Waals surface area contributed by atoms with Gasteiger partial charge in [0.25, 0.3) is 5.91 Å². The fourth-order valence-electron chi connectivity index (χ4n) is 1.50. The lowest BCUT2D eigenvalue weighted by Crippen LogP contribution is -2.29. The molecular weight excluding hydrogens is 249 g/mol. The maximum atomic E-state index is 13.0. The van der Waals surface area contributed by atoms with E-state index in [1.54, 1.807) is 0 Å². The number of nitrogens with one attached hydrogen (secondary N) is 1. The molecule has 0 aromatic heterocycles. The third kappa shape index (κ3) is 5.07. The average Bonchev–Trinajstić information content (AvgIpc) is 2.37. The molecule has 4 nitrogen and oxygen atoms in total. The Hall–Kier alpha value is -1.91. The number of unbranched alkanes of at least 4 members (excludes halogenated alkanes) is 1. The van der Waals surface area contributed by atoms with Crippen molar-refractivity contribution in [1.82, 2.24) is 5.32 Å². The zero-order chi connectivity index (χ0) is 14.3. The topological polar surface area (TPSA) is 55.4 Å². The minimum Gasteiger partial charge on any atom is -0.483 e. The van der Waals surface area contributed by atoms with E-state index in [0.717, 1.165) is 18.9 Å². The molecular formula is C14H18FNO3. The smallest absolute Gasteiger partial charge is 0.257 e. The summed E-state index contributed by atoms with van der Waals surface area (Å²) >= 11 is 0. The Bertz CT molecular complexity index is 460. The fourth-order valence-corrected chi connectivity index (χ4v) is 1.50. The van der Waals surface area contributed by atoms with Crippen LogP contribution in [-0.2, 0) is 4.79 Å². The van der Waals surface area contributed by atoms with Crippen molar-refractivity contribution >= 4 is 11.7 Å². The average molecular weight is 267 g/mol. The van der Waals surface area contributed by atoms with Crippen LogP contribution in [0.25, 0.3) is 0 Å². The van der Waals surface area contributed by atoms with E-state index in [9.17, 15) is 14.0 Å². The number of halogens is 1.